The summed E-state index contributed by atoms with van der Waals surface area (Å²) in [6.45, 7) is -1.68. The van der Waals surface area contributed by atoms with Crippen LogP contribution >= 0.6 is 0 Å². The van der Waals surface area contributed by atoms with E-state index in [0.29, 0.717) is 18.5 Å². The van der Waals surface area contributed by atoms with E-state index in [1.165, 1.54) is 18.3 Å². The molecular weight excluding hydrogens is 456 g/mol. The molecule has 0 radical (unpaired) electrons. The fraction of sp³-hybridized carbons (Fsp3) is 0.250. The minimum Gasteiger partial charge on any atom is -0.482 e. The molecule has 4 rings (SSSR count). The maximum atomic E-state index is 13.6. The number of hydrogen-bond donors (Lipinski definition) is 2. The Morgan fingerprint density at radius 3 is 2.44 bits per heavy atom. The Hall–Kier alpha value is -3.66. The molecule has 1 amide bonds. The van der Waals surface area contributed by atoms with Crippen LogP contribution in [-0.2, 0) is 5.60 Å². The van der Waals surface area contributed by atoms with Crippen LogP contribution in [-0.4, -0.2) is 28.4 Å². The van der Waals surface area contributed by atoms with Crippen LogP contribution in [0.1, 0.15) is 35.2 Å². The lowest BCUT2D eigenvalue weighted by Crippen LogP contribution is -2.33. The number of halogens is 4. The molecule has 0 atom stereocenters. The average Bonchev–Trinajstić information content (AvgIpc) is 2.76. The van der Waals surface area contributed by atoms with Crippen LogP contribution in [0.5, 0.6) is 5.75 Å². The van der Waals surface area contributed by atoms with Gasteiger partial charge in [0.1, 0.15) is 17.1 Å². The zero-order chi connectivity index (χ0) is 24.5. The number of hydrogen-bond acceptors (Lipinski definition) is 4. The maximum Gasteiger partial charge on any atom is 0.422 e. The monoisotopic (exact) mass is 476 g/mol. The van der Waals surface area contributed by atoms with Crippen molar-refractivity contribution in [1.29, 1.82) is 0 Å². The highest BCUT2D eigenvalue weighted by Crippen LogP contribution is 2.41. The predicted molar refractivity (Wildman–Crippen MR) is 116 cm³/mol. The average molecular weight is 476 g/mol. The molecule has 1 heterocycles. The molecule has 0 aliphatic heterocycles. The normalized spacial score (nSPS) is 14.9. The molecule has 3 aromatic rings. The van der Waals surface area contributed by atoms with Crippen LogP contribution in [0, 0.1) is 5.82 Å². The van der Waals surface area contributed by atoms with Gasteiger partial charge in [-0.1, -0.05) is 12.1 Å². The van der Waals surface area contributed by atoms with Crippen molar-refractivity contribution in [2.45, 2.75) is 31.0 Å². The van der Waals surface area contributed by atoms with Crippen LogP contribution in [0.15, 0.2) is 65.6 Å². The maximum absolute atomic E-state index is 13.6. The number of nitrogens with zero attached hydrogens (tertiary/aromatic N) is 1. The number of pyridine rings is 1. The summed E-state index contributed by atoms with van der Waals surface area (Å²) >= 11 is 0. The lowest BCUT2D eigenvalue weighted by atomic mass is 9.75. The summed E-state index contributed by atoms with van der Waals surface area (Å²) in [6, 6.07) is 12.0. The molecule has 0 spiro atoms. The number of aromatic nitrogens is 1. The highest BCUT2D eigenvalue weighted by molar-refractivity contribution is 6.04. The van der Waals surface area contributed by atoms with Gasteiger partial charge in [-0.3, -0.25) is 14.2 Å². The standard InChI is InChI=1S/C24H20F4N2O4/c25-16-6-9-19(20(13-16)34-14-24(26,27)28)30-12-1-3-18(22(30)32)21(31)29-17-7-4-15(5-8-17)23(33)10-2-11-23/h1,3-9,12-13,33H,2,10-11,14H2,(H,29,31). The van der Waals surface area contributed by atoms with Crippen molar-refractivity contribution >= 4 is 11.6 Å². The van der Waals surface area contributed by atoms with Crippen LogP contribution in [0.25, 0.3) is 5.69 Å². The largest absolute Gasteiger partial charge is 0.482 e. The first kappa shape index (κ1) is 23.5. The summed E-state index contributed by atoms with van der Waals surface area (Å²) in [4.78, 5) is 25.7. The van der Waals surface area contributed by atoms with Gasteiger partial charge in [0.2, 0.25) is 0 Å². The summed E-state index contributed by atoms with van der Waals surface area (Å²) in [5.74, 6) is -2.09. The van der Waals surface area contributed by atoms with Gasteiger partial charge in [-0.25, -0.2) is 4.39 Å². The minimum atomic E-state index is -4.67. The molecular formula is C24H20F4N2O4. The number of rotatable bonds is 6. The number of amides is 1. The van der Waals surface area contributed by atoms with Crippen molar-refractivity contribution < 1.29 is 32.2 Å². The van der Waals surface area contributed by atoms with Gasteiger partial charge in [0.15, 0.2) is 6.61 Å². The van der Waals surface area contributed by atoms with E-state index in [2.05, 4.69) is 5.32 Å². The number of alkyl halides is 3. The highest BCUT2D eigenvalue weighted by Gasteiger charge is 2.36. The van der Waals surface area contributed by atoms with Crippen molar-refractivity contribution in [3.63, 3.8) is 0 Å². The molecule has 6 nitrogen and oxygen atoms in total. The first-order chi connectivity index (χ1) is 16.1. The molecule has 2 N–H and O–H groups in total. The zero-order valence-corrected chi connectivity index (χ0v) is 17.7. The number of aliphatic hydroxyl groups is 1. The number of benzene rings is 2. The third-order valence-electron chi connectivity index (χ3n) is 5.63. The topological polar surface area (TPSA) is 80.6 Å². The SMILES string of the molecule is O=C(Nc1ccc(C2(O)CCC2)cc1)c1cccn(-c2ccc(F)cc2OCC(F)(F)F)c1=O. The van der Waals surface area contributed by atoms with E-state index in [4.69, 9.17) is 4.74 Å². The molecule has 0 bridgehead atoms. The van der Waals surface area contributed by atoms with E-state index in [0.717, 1.165) is 34.8 Å². The van der Waals surface area contributed by atoms with Crippen molar-refractivity contribution in [2.75, 3.05) is 11.9 Å². The van der Waals surface area contributed by atoms with Crippen LogP contribution in [0.2, 0.25) is 0 Å². The molecule has 1 aliphatic carbocycles. The van der Waals surface area contributed by atoms with Crippen molar-refractivity contribution in [2.24, 2.45) is 0 Å². The summed E-state index contributed by atoms with van der Waals surface area (Å²) in [6.07, 6.45) is -1.16. The number of carbonyl (C=O) groups is 1. The number of carbonyl (C=O) groups excluding carboxylic acids is 1. The Labute approximate surface area is 191 Å². The summed E-state index contributed by atoms with van der Waals surface area (Å²) < 4.78 is 57.0. The van der Waals surface area contributed by atoms with E-state index in [-0.39, 0.29) is 11.3 Å². The second-order valence-electron chi connectivity index (χ2n) is 8.03. The first-order valence-corrected chi connectivity index (χ1v) is 10.4. The zero-order valence-electron chi connectivity index (χ0n) is 17.7. The summed E-state index contributed by atoms with van der Waals surface area (Å²) in [7, 11) is 0. The number of nitrogens with one attached hydrogen (secondary N) is 1. The van der Waals surface area contributed by atoms with E-state index >= 15 is 0 Å². The van der Waals surface area contributed by atoms with Crippen molar-refractivity contribution in [3.05, 3.63) is 88.1 Å². The van der Waals surface area contributed by atoms with Gasteiger partial charge in [-0.05, 0) is 61.2 Å². The molecule has 0 saturated heterocycles. The van der Waals surface area contributed by atoms with Gasteiger partial charge in [-0.2, -0.15) is 13.2 Å². The highest BCUT2D eigenvalue weighted by atomic mass is 19.4. The van der Waals surface area contributed by atoms with Gasteiger partial charge in [-0.15, -0.1) is 0 Å². The molecule has 0 unspecified atom stereocenters. The van der Waals surface area contributed by atoms with Gasteiger partial charge in [0.05, 0.1) is 11.3 Å². The molecule has 10 heteroatoms. The minimum absolute atomic E-state index is 0.150. The molecule has 1 aromatic heterocycles. The fourth-order valence-corrected chi connectivity index (χ4v) is 3.68. The first-order valence-electron chi connectivity index (χ1n) is 10.4. The van der Waals surface area contributed by atoms with Crippen molar-refractivity contribution in [3.8, 4) is 11.4 Å². The van der Waals surface area contributed by atoms with Crippen LogP contribution in [0.4, 0.5) is 23.2 Å². The van der Waals surface area contributed by atoms with E-state index < -0.39 is 41.4 Å². The Kier molecular flexibility index (Phi) is 6.18. The Bertz CT molecular complexity index is 1270. The van der Waals surface area contributed by atoms with Crippen molar-refractivity contribution in [1.82, 2.24) is 4.57 Å². The van der Waals surface area contributed by atoms with E-state index in [1.54, 1.807) is 24.3 Å². The Balaban J connectivity index is 1.59. The quantitative estimate of drug-likeness (QED) is 0.512. The third-order valence-corrected chi connectivity index (χ3v) is 5.63. The Morgan fingerprint density at radius 2 is 1.82 bits per heavy atom. The lowest BCUT2D eigenvalue weighted by molar-refractivity contribution is -0.153. The van der Waals surface area contributed by atoms with Gasteiger partial charge >= 0.3 is 6.18 Å². The van der Waals surface area contributed by atoms with Crippen LogP contribution < -0.4 is 15.6 Å². The van der Waals surface area contributed by atoms with Gasteiger partial charge < -0.3 is 15.2 Å². The molecule has 2 aromatic carbocycles. The fourth-order valence-electron chi connectivity index (χ4n) is 3.68. The molecule has 1 saturated carbocycles. The molecule has 1 aliphatic rings. The predicted octanol–water partition coefficient (Wildman–Crippen LogP) is 4.54. The number of ether oxygens (including phenoxy) is 1. The second-order valence-corrected chi connectivity index (χ2v) is 8.03. The van der Waals surface area contributed by atoms with Gasteiger partial charge in [0, 0.05) is 18.0 Å². The number of anilines is 1. The third kappa shape index (κ3) is 4.96. The molecule has 1 fully saturated rings. The summed E-state index contributed by atoms with van der Waals surface area (Å²) in [5.41, 5.74) is -0.983. The molecule has 34 heavy (non-hydrogen) atoms. The van der Waals surface area contributed by atoms with E-state index in [1.807, 2.05) is 0 Å². The second kappa shape index (κ2) is 8.94. The smallest absolute Gasteiger partial charge is 0.422 e. The van der Waals surface area contributed by atoms with Crippen LogP contribution in [0.3, 0.4) is 0 Å². The van der Waals surface area contributed by atoms with E-state index in [9.17, 15) is 32.3 Å². The van der Waals surface area contributed by atoms with Gasteiger partial charge in [0.25, 0.3) is 11.5 Å². The Morgan fingerprint density at radius 1 is 1.12 bits per heavy atom. The summed E-state index contributed by atoms with van der Waals surface area (Å²) in [5, 5.41) is 13.0. The lowest BCUT2D eigenvalue weighted by Gasteiger charge is -2.37. The molecule has 178 valence electrons.